The first-order valence-electron chi connectivity index (χ1n) is 4.81. The molecule has 0 heterocycles. The van der Waals surface area contributed by atoms with E-state index in [1.54, 1.807) is 18.2 Å². The van der Waals surface area contributed by atoms with Crippen LogP contribution < -0.4 is 0 Å². The van der Waals surface area contributed by atoms with E-state index in [4.69, 9.17) is 11.6 Å². The smallest absolute Gasteiger partial charge is 0.222 e. The Morgan fingerprint density at radius 3 is 2.38 bits per heavy atom. The predicted molar refractivity (Wildman–Crippen MR) is 63.4 cm³/mol. The molecule has 1 rings (SSSR count). The Labute approximate surface area is 100 Å². The average molecular weight is 261 g/mol. The first kappa shape index (κ1) is 13.2. The van der Waals surface area contributed by atoms with Crippen LogP contribution in [0.2, 0.25) is 0 Å². The third-order valence-electron chi connectivity index (χ3n) is 2.40. The molecule has 0 N–H and O–H groups in total. The van der Waals surface area contributed by atoms with Crippen LogP contribution in [0.3, 0.4) is 0 Å². The summed E-state index contributed by atoms with van der Waals surface area (Å²) in [6, 6.07) is 4.92. The number of hydrogen-bond acceptors (Lipinski definition) is 3. The Bertz CT molecular complexity index is 506. The van der Waals surface area contributed by atoms with Gasteiger partial charge < -0.3 is 0 Å². The zero-order valence-corrected chi connectivity index (χ0v) is 10.7. The van der Waals surface area contributed by atoms with Gasteiger partial charge in [-0.25, -0.2) is 8.42 Å². The standard InChI is InChI=1S/C11H13ClO3S/c1-8-3-4-10(7-9(8)2)16(14,15)6-5-11(12)13/h3-4,7H,5-6H2,1-2H3. The number of carbonyl (C=O) groups is 1. The molecule has 0 fully saturated rings. The number of benzene rings is 1. The van der Waals surface area contributed by atoms with Crippen LogP contribution in [0.5, 0.6) is 0 Å². The zero-order valence-electron chi connectivity index (χ0n) is 9.16. The normalized spacial score (nSPS) is 11.4. The van der Waals surface area contributed by atoms with E-state index in [2.05, 4.69) is 0 Å². The van der Waals surface area contributed by atoms with E-state index < -0.39 is 15.1 Å². The number of sulfone groups is 1. The van der Waals surface area contributed by atoms with Crippen LogP contribution in [0.4, 0.5) is 0 Å². The second-order valence-corrected chi connectivity index (χ2v) is 6.20. The lowest BCUT2D eigenvalue weighted by atomic mass is 10.1. The molecule has 0 radical (unpaired) electrons. The summed E-state index contributed by atoms with van der Waals surface area (Å²) in [5.41, 5.74) is 1.95. The lowest BCUT2D eigenvalue weighted by Gasteiger charge is -2.05. The largest absolute Gasteiger partial charge is 0.281 e. The van der Waals surface area contributed by atoms with Crippen LogP contribution in [-0.4, -0.2) is 19.4 Å². The molecule has 0 bridgehead atoms. The minimum atomic E-state index is -3.40. The van der Waals surface area contributed by atoms with Gasteiger partial charge in [-0.2, -0.15) is 0 Å². The van der Waals surface area contributed by atoms with Gasteiger partial charge in [-0.05, 0) is 48.7 Å². The molecule has 5 heteroatoms. The summed E-state index contributed by atoms with van der Waals surface area (Å²) in [4.78, 5) is 10.8. The Morgan fingerprint density at radius 2 is 1.88 bits per heavy atom. The molecular weight excluding hydrogens is 248 g/mol. The molecule has 3 nitrogen and oxygen atoms in total. The molecule has 0 aromatic heterocycles. The molecule has 0 atom stereocenters. The molecule has 1 aromatic carbocycles. The van der Waals surface area contributed by atoms with Gasteiger partial charge in [-0.1, -0.05) is 6.07 Å². The number of hydrogen-bond donors (Lipinski definition) is 0. The predicted octanol–water partition coefficient (Wildman–Crippen LogP) is 2.23. The van der Waals surface area contributed by atoms with Crippen LogP contribution in [0, 0.1) is 13.8 Å². The third-order valence-corrected chi connectivity index (χ3v) is 4.31. The van der Waals surface area contributed by atoms with E-state index >= 15 is 0 Å². The molecule has 0 aliphatic heterocycles. The molecule has 0 saturated heterocycles. The van der Waals surface area contributed by atoms with Crippen molar-refractivity contribution in [3.8, 4) is 0 Å². The van der Waals surface area contributed by atoms with Crippen LogP contribution >= 0.6 is 11.6 Å². The molecule has 1 aromatic rings. The van der Waals surface area contributed by atoms with Crippen molar-refractivity contribution in [3.05, 3.63) is 29.3 Å². The van der Waals surface area contributed by atoms with Gasteiger partial charge in [0.2, 0.25) is 5.24 Å². The van der Waals surface area contributed by atoms with Gasteiger partial charge in [0, 0.05) is 6.42 Å². The number of rotatable bonds is 4. The summed E-state index contributed by atoms with van der Waals surface area (Å²) in [7, 11) is -3.40. The highest BCUT2D eigenvalue weighted by Crippen LogP contribution is 2.16. The van der Waals surface area contributed by atoms with Gasteiger partial charge in [-0.3, -0.25) is 4.79 Å². The topological polar surface area (TPSA) is 51.2 Å². The Balaban J connectivity index is 2.99. The van der Waals surface area contributed by atoms with Crippen molar-refractivity contribution in [1.29, 1.82) is 0 Å². The zero-order chi connectivity index (χ0) is 12.3. The summed E-state index contributed by atoms with van der Waals surface area (Å²) in [6.07, 6.45) is -0.156. The van der Waals surface area contributed by atoms with Gasteiger partial charge in [0.25, 0.3) is 0 Å². The van der Waals surface area contributed by atoms with Crippen LogP contribution in [0.1, 0.15) is 17.5 Å². The highest BCUT2D eigenvalue weighted by atomic mass is 35.5. The Hall–Kier alpha value is -0.870. The van der Waals surface area contributed by atoms with E-state index in [1.165, 1.54) is 0 Å². The molecule has 0 spiro atoms. The van der Waals surface area contributed by atoms with Crippen LogP contribution in [0.25, 0.3) is 0 Å². The SMILES string of the molecule is Cc1ccc(S(=O)(=O)CCC(=O)Cl)cc1C. The number of aryl methyl sites for hydroxylation is 2. The molecule has 16 heavy (non-hydrogen) atoms. The molecule has 0 saturated carbocycles. The maximum absolute atomic E-state index is 11.8. The van der Waals surface area contributed by atoms with Crippen molar-refractivity contribution in [2.24, 2.45) is 0 Å². The van der Waals surface area contributed by atoms with Crippen molar-refractivity contribution in [1.82, 2.24) is 0 Å². The summed E-state index contributed by atoms with van der Waals surface area (Å²) in [5, 5.41) is -0.632. The third kappa shape index (κ3) is 3.32. The van der Waals surface area contributed by atoms with Crippen molar-refractivity contribution < 1.29 is 13.2 Å². The number of halogens is 1. The van der Waals surface area contributed by atoms with Crippen molar-refractivity contribution in [3.63, 3.8) is 0 Å². The molecule has 0 unspecified atom stereocenters. The maximum atomic E-state index is 11.8. The summed E-state index contributed by atoms with van der Waals surface area (Å²) < 4.78 is 23.6. The van der Waals surface area contributed by atoms with Crippen LogP contribution in [-0.2, 0) is 14.6 Å². The van der Waals surface area contributed by atoms with E-state index in [0.717, 1.165) is 11.1 Å². The van der Waals surface area contributed by atoms with Gasteiger partial charge >= 0.3 is 0 Å². The van der Waals surface area contributed by atoms with Gasteiger partial charge in [0.05, 0.1) is 10.6 Å². The fourth-order valence-corrected chi connectivity index (χ4v) is 2.77. The van der Waals surface area contributed by atoms with Crippen LogP contribution in [0.15, 0.2) is 23.1 Å². The Kier molecular flexibility index (Phi) is 4.10. The monoisotopic (exact) mass is 260 g/mol. The minimum Gasteiger partial charge on any atom is -0.281 e. The van der Waals surface area contributed by atoms with E-state index in [1.807, 2.05) is 13.8 Å². The first-order chi connectivity index (χ1) is 7.33. The fraction of sp³-hybridized carbons (Fsp3) is 0.364. The maximum Gasteiger partial charge on any atom is 0.222 e. The summed E-state index contributed by atoms with van der Waals surface area (Å²) >= 11 is 5.12. The first-order valence-corrected chi connectivity index (χ1v) is 6.84. The van der Waals surface area contributed by atoms with E-state index in [0.29, 0.717) is 0 Å². The quantitative estimate of drug-likeness (QED) is 0.780. The molecule has 88 valence electrons. The molecule has 0 aliphatic rings. The minimum absolute atomic E-state index is 0.156. The lowest BCUT2D eigenvalue weighted by molar-refractivity contribution is -0.111. The molecule has 0 aliphatic carbocycles. The average Bonchev–Trinajstić information content (AvgIpc) is 2.19. The van der Waals surface area contributed by atoms with Gasteiger partial charge in [0.1, 0.15) is 0 Å². The van der Waals surface area contributed by atoms with Gasteiger partial charge in [0.15, 0.2) is 9.84 Å². The highest BCUT2D eigenvalue weighted by molar-refractivity contribution is 7.91. The highest BCUT2D eigenvalue weighted by Gasteiger charge is 2.16. The van der Waals surface area contributed by atoms with Crippen molar-refractivity contribution in [2.75, 3.05) is 5.75 Å². The summed E-state index contributed by atoms with van der Waals surface area (Å²) in [6.45, 7) is 3.76. The van der Waals surface area contributed by atoms with Crippen molar-refractivity contribution >= 4 is 26.7 Å². The van der Waals surface area contributed by atoms with Gasteiger partial charge in [-0.15, -0.1) is 0 Å². The van der Waals surface area contributed by atoms with Crippen molar-refractivity contribution in [2.45, 2.75) is 25.2 Å². The molecular formula is C11H13ClO3S. The lowest BCUT2D eigenvalue weighted by Crippen LogP contribution is -2.09. The second-order valence-electron chi connectivity index (χ2n) is 3.67. The summed E-state index contributed by atoms with van der Waals surface area (Å²) in [5.74, 6) is -0.238. The van der Waals surface area contributed by atoms with E-state index in [-0.39, 0.29) is 17.1 Å². The number of carbonyl (C=O) groups excluding carboxylic acids is 1. The van der Waals surface area contributed by atoms with E-state index in [9.17, 15) is 13.2 Å². The molecule has 0 amide bonds. The fourth-order valence-electron chi connectivity index (χ4n) is 1.24. The second kappa shape index (κ2) is 4.97. The Morgan fingerprint density at radius 1 is 1.25 bits per heavy atom.